The second-order valence-electron chi connectivity index (χ2n) is 0. The summed E-state index contributed by atoms with van der Waals surface area (Å²) in [6.07, 6.45) is 0. The van der Waals surface area contributed by atoms with Crippen molar-refractivity contribution in [3.63, 3.8) is 0 Å². The van der Waals surface area contributed by atoms with Crippen LogP contribution in [0.1, 0.15) is 0 Å². The zero-order valence-corrected chi connectivity index (χ0v) is 8.10. The van der Waals surface area contributed by atoms with Crippen molar-refractivity contribution in [2.75, 3.05) is 0 Å². The van der Waals surface area contributed by atoms with Crippen molar-refractivity contribution < 1.29 is 95.0 Å². The molecule has 0 heterocycles. The second-order valence-corrected chi connectivity index (χ2v) is 0. The van der Waals surface area contributed by atoms with Gasteiger partial charge in [-0.05, 0) is 0 Å². The molecule has 0 aromatic carbocycles. The molecular formula is H4Mn3O8-12. The van der Waals surface area contributed by atoms with Crippen LogP contribution in [-0.2, 0) is 73.1 Å². The first-order valence-corrected chi connectivity index (χ1v) is 0. The van der Waals surface area contributed by atoms with Gasteiger partial charge in [0.2, 0.25) is 0 Å². The third-order valence-corrected chi connectivity index (χ3v) is 0. The molecule has 0 amide bonds. The van der Waals surface area contributed by atoms with E-state index in [0.717, 1.165) is 0 Å². The van der Waals surface area contributed by atoms with E-state index in [1.807, 2.05) is 0 Å². The zero-order valence-electron chi connectivity index (χ0n) is 4.56. The quantitative estimate of drug-likeness (QED) is 0.501. The van der Waals surface area contributed by atoms with Crippen LogP contribution in [-0.4, -0.2) is 21.9 Å². The van der Waals surface area contributed by atoms with Crippen LogP contribution in [0.15, 0.2) is 0 Å². The monoisotopic (exact) mass is 297 g/mol. The first-order valence-electron chi connectivity index (χ1n) is 0. The van der Waals surface area contributed by atoms with E-state index in [0.29, 0.717) is 0 Å². The van der Waals surface area contributed by atoms with Gasteiger partial charge in [-0.2, -0.15) is 0 Å². The van der Waals surface area contributed by atoms with Gasteiger partial charge in [0.05, 0.1) is 0 Å². The predicted octanol–water partition coefficient (Wildman–Crippen LogP) is -1.19. The van der Waals surface area contributed by atoms with Gasteiger partial charge in [-0.1, -0.05) is 0 Å². The molecule has 85 valence electrons. The van der Waals surface area contributed by atoms with Crippen molar-refractivity contribution in [1.29, 1.82) is 0 Å². The van der Waals surface area contributed by atoms with E-state index in [9.17, 15) is 0 Å². The van der Waals surface area contributed by atoms with Gasteiger partial charge in [-0.3, -0.25) is 0 Å². The van der Waals surface area contributed by atoms with Gasteiger partial charge in [0.15, 0.2) is 0 Å². The maximum Gasteiger partial charge on any atom is 0 e. The molecule has 3 radical (unpaired) electrons. The van der Waals surface area contributed by atoms with E-state index in [4.69, 9.17) is 0 Å². The van der Waals surface area contributed by atoms with Crippen molar-refractivity contribution in [1.82, 2.24) is 0 Å². The van der Waals surface area contributed by atoms with E-state index in [-0.39, 0.29) is 95.0 Å². The Morgan fingerprint density at radius 2 is 0.273 bits per heavy atom. The molecule has 0 aliphatic rings. The van der Waals surface area contributed by atoms with Gasteiger partial charge in [0, 0.05) is 51.2 Å². The van der Waals surface area contributed by atoms with Gasteiger partial charge in [0.25, 0.3) is 0 Å². The Hall–Kier alpha value is 1.24. The molecule has 0 rings (SSSR count). The molecule has 0 aromatic rings. The minimum atomic E-state index is 0. The first-order chi connectivity index (χ1) is 0. The van der Waals surface area contributed by atoms with E-state index < -0.39 is 0 Å². The molecule has 0 aliphatic heterocycles. The van der Waals surface area contributed by atoms with E-state index in [2.05, 4.69) is 0 Å². The molecule has 0 atom stereocenters. The van der Waals surface area contributed by atoms with Gasteiger partial charge in [-0.25, -0.2) is 0 Å². The Balaban J connectivity index is 0. The van der Waals surface area contributed by atoms with Crippen LogP contribution in [0.2, 0.25) is 0 Å². The first kappa shape index (κ1) is 1010. The number of rotatable bonds is 0. The molecule has 0 unspecified atom stereocenters. The van der Waals surface area contributed by atoms with Gasteiger partial charge in [0.1, 0.15) is 0 Å². The summed E-state index contributed by atoms with van der Waals surface area (Å²) in [7, 11) is 0. The Kier molecular flexibility index (Phi) is 70400. The Morgan fingerprint density at radius 3 is 0.273 bits per heavy atom. The summed E-state index contributed by atoms with van der Waals surface area (Å²) < 4.78 is 0. The van der Waals surface area contributed by atoms with Crippen LogP contribution in [0.5, 0.6) is 0 Å². The third-order valence-electron chi connectivity index (χ3n) is 0. The molecule has 0 saturated carbocycles. The standard InChI is InChI=1S/3Mn.4H2O.4O/h;;;4*1H2;;;;/q;;;;;;;4*-2/p-4. The molecule has 11 heteroatoms. The Labute approximate surface area is 95.0 Å². The Bertz CT molecular complexity index is 9.30. The predicted molar refractivity (Wildman–Crippen MR) is 10.5 cm³/mol. The minimum absolute atomic E-state index is 0. The summed E-state index contributed by atoms with van der Waals surface area (Å²) in [5, 5.41) is 0. The summed E-state index contributed by atoms with van der Waals surface area (Å²) in [4.78, 5) is 0. The SMILES string of the molecule is [Mn].[Mn].[Mn].[O-2].[O-2].[O-2].[O-2].[OH-].[OH-].[OH-].[OH-]. The summed E-state index contributed by atoms with van der Waals surface area (Å²) in [5.74, 6) is 0. The molecule has 0 spiro atoms. The van der Waals surface area contributed by atoms with Gasteiger partial charge < -0.3 is 43.8 Å². The average molecular weight is 297 g/mol. The molecule has 0 fully saturated rings. The average Bonchev–Trinajstić information content (AvgIpc) is 0. The van der Waals surface area contributed by atoms with Crippen molar-refractivity contribution in [2.45, 2.75) is 0 Å². The van der Waals surface area contributed by atoms with E-state index in [1.165, 1.54) is 0 Å². The van der Waals surface area contributed by atoms with Crippen LogP contribution < -0.4 is 0 Å². The molecule has 8 nitrogen and oxygen atoms in total. The van der Waals surface area contributed by atoms with Crippen molar-refractivity contribution in [3.8, 4) is 0 Å². The number of hydrogen-bond donors (Lipinski definition) is 0. The molecule has 11 heavy (non-hydrogen) atoms. The largest absolute Gasteiger partial charge is 2.00 e. The smallest absolute Gasteiger partial charge is 0 e. The number of hydrogen-bond acceptors (Lipinski definition) is 4. The summed E-state index contributed by atoms with van der Waals surface area (Å²) in [5.41, 5.74) is 0. The van der Waals surface area contributed by atoms with Crippen LogP contribution in [0.25, 0.3) is 0 Å². The zero-order chi connectivity index (χ0) is 0. The fourth-order valence-corrected chi connectivity index (χ4v) is 0. The van der Waals surface area contributed by atoms with Crippen LogP contribution >= 0.6 is 0 Å². The van der Waals surface area contributed by atoms with Gasteiger partial charge in [-0.15, -0.1) is 0 Å². The van der Waals surface area contributed by atoms with Crippen molar-refractivity contribution in [3.05, 3.63) is 0 Å². The topological polar surface area (TPSA) is 234 Å². The fourth-order valence-electron chi connectivity index (χ4n) is 0. The molecular weight excluding hydrogens is 293 g/mol. The summed E-state index contributed by atoms with van der Waals surface area (Å²) in [6, 6.07) is 0. The van der Waals surface area contributed by atoms with Crippen LogP contribution in [0, 0.1) is 0 Å². The molecule has 0 aromatic heterocycles. The molecule has 0 saturated heterocycles. The maximum absolute atomic E-state index is 0. The summed E-state index contributed by atoms with van der Waals surface area (Å²) in [6.45, 7) is 0. The van der Waals surface area contributed by atoms with Crippen LogP contribution in [0.4, 0.5) is 0 Å². The van der Waals surface area contributed by atoms with Gasteiger partial charge >= 0.3 is 0 Å². The maximum atomic E-state index is 0. The summed E-state index contributed by atoms with van der Waals surface area (Å²) >= 11 is 0. The fraction of sp³-hybridized carbons (Fsp3) is 0. The van der Waals surface area contributed by atoms with Crippen molar-refractivity contribution >= 4 is 0 Å². The van der Waals surface area contributed by atoms with Crippen LogP contribution in [0.3, 0.4) is 0 Å². The molecule has 4 N–H and O–H groups in total. The van der Waals surface area contributed by atoms with Crippen molar-refractivity contribution in [2.24, 2.45) is 0 Å². The third kappa shape index (κ3) is 625. The molecule has 0 bridgehead atoms. The molecule has 0 aliphatic carbocycles. The minimum Gasteiger partial charge on any atom is -2.00 e. The normalized spacial score (nSPS) is 0. The van der Waals surface area contributed by atoms with E-state index in [1.54, 1.807) is 0 Å². The van der Waals surface area contributed by atoms with E-state index >= 15 is 0 Å². The Morgan fingerprint density at radius 1 is 0.273 bits per heavy atom. The second kappa shape index (κ2) is 768.